The number of nitriles is 2. The smallest absolute Gasteiger partial charge is 0.407 e. The van der Waals surface area contributed by atoms with Crippen molar-refractivity contribution in [1.29, 1.82) is 10.5 Å². The topological polar surface area (TPSA) is 227 Å². The zero-order valence-corrected chi connectivity index (χ0v) is 29.8. The molecular weight excluding hydrogens is 676 g/mol. The minimum absolute atomic E-state index is 0.0801. The Hall–Kier alpha value is -5.81. The number of benzene rings is 2. The molecule has 1 amide bonds. The maximum absolute atomic E-state index is 12.2. The van der Waals surface area contributed by atoms with Crippen LogP contribution in [0.3, 0.4) is 0 Å². The first-order valence-corrected chi connectivity index (χ1v) is 16.7. The molecule has 52 heavy (non-hydrogen) atoms. The number of aliphatic hydroxyl groups is 1. The lowest BCUT2D eigenvalue weighted by Gasteiger charge is -2.24. The van der Waals surface area contributed by atoms with Gasteiger partial charge in [-0.1, -0.05) is 0 Å². The number of anilines is 2. The maximum Gasteiger partial charge on any atom is 0.407 e. The van der Waals surface area contributed by atoms with Gasteiger partial charge in [-0.25, -0.2) is 14.4 Å². The highest BCUT2D eigenvalue weighted by Gasteiger charge is 2.15. The Morgan fingerprint density at radius 2 is 1.25 bits per heavy atom. The van der Waals surface area contributed by atoms with Crippen LogP contribution in [0.15, 0.2) is 47.5 Å². The minimum Gasteiger partial charge on any atom is -0.507 e. The molecule has 0 aromatic heterocycles. The largest absolute Gasteiger partial charge is 0.507 e. The van der Waals surface area contributed by atoms with Gasteiger partial charge in [0.1, 0.15) is 41.4 Å². The number of nitrogens with one attached hydrogen (secondary N) is 2. The number of likely N-dealkylation sites (N-methyl/N-ethyl adjacent to an activating group) is 2. The van der Waals surface area contributed by atoms with Crippen LogP contribution in [-0.4, -0.2) is 105 Å². The standard InChI is InChI=1S/C36H46N6O10/c1-5-41(29-11-9-25(31(43)21-29)19-27(23-37)33(45)49-7-3)15-13-39-35(47)51-17-18-52-36(48)40-14-16-42(6-2)30-12-10-26(32(44)22-30)20-28(24-38)34(46)50-8-4/h9-12,19-22,35,39,43-44,47H,5-8,13-18H2,1-4H3,(H,40,48)/b27-19+,28-20+. The van der Waals surface area contributed by atoms with Crippen LogP contribution in [0.1, 0.15) is 38.8 Å². The van der Waals surface area contributed by atoms with E-state index in [1.807, 2.05) is 23.6 Å². The van der Waals surface area contributed by atoms with Crippen molar-refractivity contribution in [2.75, 3.05) is 75.5 Å². The number of ether oxygens (including phenoxy) is 4. The zero-order chi connectivity index (χ0) is 38.5. The molecule has 0 aliphatic heterocycles. The number of hydrogen-bond donors (Lipinski definition) is 5. The molecule has 16 heteroatoms. The van der Waals surface area contributed by atoms with Gasteiger partial charge in [0.15, 0.2) is 0 Å². The molecule has 2 aromatic carbocycles. The highest BCUT2D eigenvalue weighted by Crippen LogP contribution is 2.28. The molecule has 0 aliphatic rings. The predicted molar refractivity (Wildman–Crippen MR) is 192 cm³/mol. The number of phenols is 2. The second kappa shape index (κ2) is 22.8. The summed E-state index contributed by atoms with van der Waals surface area (Å²) < 4.78 is 20.1. The molecule has 0 aliphatic carbocycles. The molecule has 280 valence electrons. The maximum atomic E-state index is 12.2. The van der Waals surface area contributed by atoms with Gasteiger partial charge in [-0.2, -0.15) is 10.5 Å². The molecule has 0 radical (unpaired) electrons. The van der Waals surface area contributed by atoms with Gasteiger partial charge < -0.3 is 49.4 Å². The number of aromatic hydroxyl groups is 2. The second-order valence-electron chi connectivity index (χ2n) is 10.7. The van der Waals surface area contributed by atoms with E-state index in [2.05, 4.69) is 10.6 Å². The van der Waals surface area contributed by atoms with Crippen molar-refractivity contribution in [3.05, 3.63) is 58.7 Å². The zero-order valence-electron chi connectivity index (χ0n) is 29.8. The second-order valence-corrected chi connectivity index (χ2v) is 10.7. The lowest BCUT2D eigenvalue weighted by molar-refractivity contribution is -0.138. The van der Waals surface area contributed by atoms with E-state index in [-0.39, 0.29) is 66.7 Å². The summed E-state index contributed by atoms with van der Waals surface area (Å²) in [7, 11) is 0. The first kappa shape index (κ1) is 42.4. The van der Waals surface area contributed by atoms with E-state index in [4.69, 9.17) is 18.9 Å². The summed E-state index contributed by atoms with van der Waals surface area (Å²) in [6.07, 6.45) is 0.507. The Morgan fingerprint density at radius 1 is 0.769 bits per heavy atom. The first-order valence-electron chi connectivity index (χ1n) is 16.7. The fraction of sp³-hybridized carbons (Fsp3) is 0.417. The quantitative estimate of drug-likeness (QED) is 0.0312. The molecule has 16 nitrogen and oxygen atoms in total. The van der Waals surface area contributed by atoms with Crippen LogP contribution in [-0.2, 0) is 28.5 Å². The summed E-state index contributed by atoms with van der Waals surface area (Å²) >= 11 is 0. The minimum atomic E-state index is -1.33. The normalized spacial score (nSPS) is 11.8. The van der Waals surface area contributed by atoms with Crippen molar-refractivity contribution in [2.45, 2.75) is 34.1 Å². The summed E-state index contributed by atoms with van der Waals surface area (Å²) in [5.74, 6) is -1.81. The Kier molecular flexibility index (Phi) is 18.6. The number of phenolic OH excluding ortho intramolecular Hbond substituents is 2. The van der Waals surface area contributed by atoms with Crippen molar-refractivity contribution in [3.63, 3.8) is 0 Å². The van der Waals surface area contributed by atoms with Crippen LogP contribution in [0.4, 0.5) is 16.2 Å². The molecular formula is C36H46N6O10. The number of carbonyl (C=O) groups is 3. The summed E-state index contributed by atoms with van der Waals surface area (Å²) in [6.45, 7) is 9.59. The van der Waals surface area contributed by atoms with Gasteiger partial charge in [-0.05, 0) is 64.1 Å². The lowest BCUT2D eigenvalue weighted by Crippen LogP contribution is -2.39. The van der Waals surface area contributed by atoms with Crippen LogP contribution in [0.5, 0.6) is 11.5 Å². The first-order chi connectivity index (χ1) is 25.0. The molecule has 0 saturated heterocycles. The molecule has 1 unspecified atom stereocenters. The number of esters is 2. The molecule has 0 heterocycles. The van der Waals surface area contributed by atoms with E-state index in [1.165, 1.54) is 24.3 Å². The number of alkyl carbamates (subject to hydrolysis) is 1. The van der Waals surface area contributed by atoms with Gasteiger partial charge in [-0.15, -0.1) is 0 Å². The molecule has 0 bridgehead atoms. The monoisotopic (exact) mass is 722 g/mol. The summed E-state index contributed by atoms with van der Waals surface area (Å²) in [5.41, 5.74) is 1.43. The number of hydrogen-bond acceptors (Lipinski definition) is 15. The van der Waals surface area contributed by atoms with Crippen LogP contribution in [0.25, 0.3) is 12.2 Å². The molecule has 1 atom stereocenters. The third-order valence-corrected chi connectivity index (χ3v) is 7.30. The number of rotatable bonds is 21. The van der Waals surface area contributed by atoms with Crippen LogP contribution in [0.2, 0.25) is 0 Å². The van der Waals surface area contributed by atoms with Crippen LogP contribution < -0.4 is 20.4 Å². The average molecular weight is 723 g/mol. The van der Waals surface area contributed by atoms with E-state index in [0.29, 0.717) is 44.1 Å². The van der Waals surface area contributed by atoms with E-state index in [9.17, 15) is 40.2 Å². The van der Waals surface area contributed by atoms with Crippen molar-refractivity contribution < 1.29 is 48.7 Å². The van der Waals surface area contributed by atoms with Crippen molar-refractivity contribution in [3.8, 4) is 23.6 Å². The Balaban J connectivity index is 1.74. The third kappa shape index (κ3) is 13.8. The molecule has 2 rings (SSSR count). The highest BCUT2D eigenvalue weighted by atomic mass is 16.6. The molecule has 2 aromatic rings. The molecule has 5 N–H and O–H groups in total. The predicted octanol–water partition coefficient (Wildman–Crippen LogP) is 3.00. The lowest BCUT2D eigenvalue weighted by atomic mass is 10.1. The SMILES string of the molecule is CCOC(=O)/C(C#N)=C/c1ccc(N(CC)CCNC(=O)OCCOC(O)NCCN(CC)c2ccc(/C=C(\C#N)C(=O)OCC)c(O)c2)cc1O. The Morgan fingerprint density at radius 3 is 1.67 bits per heavy atom. The number of amides is 1. The number of nitrogens with zero attached hydrogens (tertiary/aromatic N) is 4. The molecule has 0 spiro atoms. The van der Waals surface area contributed by atoms with E-state index >= 15 is 0 Å². The van der Waals surface area contributed by atoms with Gasteiger partial charge >= 0.3 is 18.0 Å². The van der Waals surface area contributed by atoms with Crippen LogP contribution in [0, 0.1) is 22.7 Å². The number of aliphatic hydroxyl groups excluding tert-OH is 1. The fourth-order valence-corrected chi connectivity index (χ4v) is 4.66. The summed E-state index contributed by atoms with van der Waals surface area (Å²) in [6, 6.07) is 13.1. The van der Waals surface area contributed by atoms with Gasteiger partial charge in [0.2, 0.25) is 6.41 Å². The average Bonchev–Trinajstić information content (AvgIpc) is 3.13. The van der Waals surface area contributed by atoms with E-state index in [1.54, 1.807) is 50.3 Å². The molecule has 0 fully saturated rings. The summed E-state index contributed by atoms with van der Waals surface area (Å²) in [4.78, 5) is 39.7. The fourth-order valence-electron chi connectivity index (χ4n) is 4.66. The van der Waals surface area contributed by atoms with Crippen LogP contribution >= 0.6 is 0 Å². The highest BCUT2D eigenvalue weighted by molar-refractivity contribution is 5.99. The van der Waals surface area contributed by atoms with Gasteiger partial charge in [0.25, 0.3) is 0 Å². The van der Waals surface area contributed by atoms with Gasteiger partial charge in [0, 0.05) is 73.9 Å². The summed E-state index contributed by atoms with van der Waals surface area (Å²) in [5, 5.41) is 55.0. The van der Waals surface area contributed by atoms with Crippen molar-refractivity contribution in [2.24, 2.45) is 0 Å². The Bertz CT molecular complexity index is 1650. The Labute approximate surface area is 303 Å². The molecule has 0 saturated carbocycles. The van der Waals surface area contributed by atoms with E-state index < -0.39 is 24.4 Å². The number of carbonyl (C=O) groups excluding carboxylic acids is 3. The van der Waals surface area contributed by atoms with Gasteiger partial charge in [0.05, 0.1) is 19.8 Å². The van der Waals surface area contributed by atoms with Gasteiger partial charge in [-0.3, -0.25) is 5.32 Å². The van der Waals surface area contributed by atoms with Crippen molar-refractivity contribution in [1.82, 2.24) is 10.6 Å². The van der Waals surface area contributed by atoms with Crippen molar-refractivity contribution >= 4 is 41.6 Å². The van der Waals surface area contributed by atoms with E-state index in [0.717, 1.165) is 0 Å². The third-order valence-electron chi connectivity index (χ3n) is 7.30.